The van der Waals surface area contributed by atoms with E-state index in [4.69, 9.17) is 0 Å². The third-order valence-electron chi connectivity index (χ3n) is 14.2. The van der Waals surface area contributed by atoms with Crippen molar-refractivity contribution in [2.24, 2.45) is 17.8 Å². The van der Waals surface area contributed by atoms with Gasteiger partial charge in [0.25, 0.3) is 0 Å². The number of fused-ring (bicyclic) bond motifs is 3. The van der Waals surface area contributed by atoms with Gasteiger partial charge in [0, 0.05) is 16.8 Å². The minimum Gasteiger partial charge on any atom is -0.310 e. The molecule has 272 valence electrons. The Kier molecular flexibility index (Phi) is 7.36. The maximum atomic E-state index is 2.49. The molecule has 1 heteroatoms. The molecule has 4 bridgehead atoms. The van der Waals surface area contributed by atoms with Crippen molar-refractivity contribution in [3.63, 3.8) is 0 Å². The first-order valence-electron chi connectivity index (χ1n) is 20.8. The molecule has 0 saturated heterocycles. The average molecular weight is 730 g/mol. The second-order valence-electron chi connectivity index (χ2n) is 17.0. The third kappa shape index (κ3) is 5.15. The Morgan fingerprint density at radius 1 is 0.386 bits per heavy atom. The molecule has 4 saturated carbocycles. The minimum absolute atomic E-state index is 0.408. The zero-order valence-corrected chi connectivity index (χ0v) is 32.0. The fourth-order valence-corrected chi connectivity index (χ4v) is 11.7. The van der Waals surface area contributed by atoms with Gasteiger partial charge in [-0.25, -0.2) is 0 Å². The van der Waals surface area contributed by atoms with E-state index in [9.17, 15) is 0 Å². The van der Waals surface area contributed by atoms with Crippen molar-refractivity contribution in [2.45, 2.75) is 31.1 Å². The lowest BCUT2D eigenvalue weighted by Gasteiger charge is -2.31. The lowest BCUT2D eigenvalue weighted by Crippen LogP contribution is -2.24. The number of benzene rings is 9. The summed E-state index contributed by atoms with van der Waals surface area (Å²) < 4.78 is 0. The van der Waals surface area contributed by atoms with Crippen LogP contribution in [0.25, 0.3) is 65.7 Å². The van der Waals surface area contributed by atoms with Crippen molar-refractivity contribution in [1.29, 1.82) is 0 Å². The van der Waals surface area contributed by atoms with E-state index in [1.807, 2.05) is 0 Å². The van der Waals surface area contributed by atoms with E-state index in [0.717, 1.165) is 23.4 Å². The molecule has 9 aromatic carbocycles. The summed E-state index contributed by atoms with van der Waals surface area (Å²) in [5.41, 5.74) is 13.0. The van der Waals surface area contributed by atoms with Gasteiger partial charge in [0.05, 0.1) is 5.69 Å². The van der Waals surface area contributed by atoms with Crippen molar-refractivity contribution in [3.05, 3.63) is 200 Å². The van der Waals surface area contributed by atoms with Crippen molar-refractivity contribution in [3.8, 4) is 33.4 Å². The highest BCUT2D eigenvalue weighted by atomic mass is 15.1. The third-order valence-corrected chi connectivity index (χ3v) is 14.2. The molecule has 4 aliphatic rings. The lowest BCUT2D eigenvalue weighted by atomic mass is 9.75. The van der Waals surface area contributed by atoms with Gasteiger partial charge in [0.15, 0.2) is 0 Å². The smallest absolute Gasteiger partial charge is 0.0540 e. The van der Waals surface area contributed by atoms with Crippen LogP contribution in [0.5, 0.6) is 0 Å². The van der Waals surface area contributed by atoms with E-state index >= 15 is 0 Å². The Hall–Kier alpha value is -6.44. The highest BCUT2D eigenvalue weighted by Gasteiger charge is 2.63. The second kappa shape index (κ2) is 12.8. The summed E-state index contributed by atoms with van der Waals surface area (Å²) >= 11 is 0. The Balaban J connectivity index is 0.999. The van der Waals surface area contributed by atoms with Gasteiger partial charge in [-0.15, -0.1) is 0 Å². The van der Waals surface area contributed by atoms with Crippen molar-refractivity contribution in [2.75, 3.05) is 4.90 Å². The molecular weight excluding hydrogens is 687 g/mol. The quantitative estimate of drug-likeness (QED) is 0.158. The largest absolute Gasteiger partial charge is 0.310 e. The van der Waals surface area contributed by atoms with Crippen LogP contribution in [0.4, 0.5) is 17.1 Å². The fourth-order valence-electron chi connectivity index (χ4n) is 11.7. The molecule has 2 unspecified atom stereocenters. The molecule has 0 aliphatic heterocycles. The normalized spacial score (nSPS) is 20.6. The van der Waals surface area contributed by atoms with Gasteiger partial charge in [-0.3, -0.25) is 0 Å². The van der Waals surface area contributed by atoms with Crippen LogP contribution in [0.15, 0.2) is 194 Å². The SMILES string of the molecule is c1ccc(-c2cc(-c3ccc(N(c4ccc(C56CC7CC5CC7C6)cc4)c4ccc(-c5cccc6ccccc56)c5ccccc45)cc3)cc3ccccc23)cc1. The van der Waals surface area contributed by atoms with Gasteiger partial charge in [-0.2, -0.15) is 0 Å². The number of hydrogen-bond donors (Lipinski definition) is 0. The van der Waals surface area contributed by atoms with Gasteiger partial charge >= 0.3 is 0 Å². The lowest BCUT2D eigenvalue weighted by molar-refractivity contribution is 0.371. The molecule has 4 aliphatic carbocycles. The van der Waals surface area contributed by atoms with Crippen LogP contribution < -0.4 is 4.90 Å². The molecule has 0 spiro atoms. The second-order valence-corrected chi connectivity index (χ2v) is 17.0. The number of nitrogens with zero attached hydrogens (tertiary/aromatic N) is 1. The van der Waals surface area contributed by atoms with Crippen LogP contribution in [0.2, 0.25) is 0 Å². The van der Waals surface area contributed by atoms with Crippen LogP contribution >= 0.6 is 0 Å². The summed E-state index contributed by atoms with van der Waals surface area (Å²) in [6.07, 6.45) is 5.69. The minimum atomic E-state index is 0.408. The Morgan fingerprint density at radius 3 is 1.67 bits per heavy atom. The predicted octanol–water partition coefficient (Wildman–Crippen LogP) is 15.3. The maximum Gasteiger partial charge on any atom is 0.0540 e. The zero-order valence-electron chi connectivity index (χ0n) is 32.0. The molecule has 0 radical (unpaired) electrons. The van der Waals surface area contributed by atoms with E-state index < -0.39 is 0 Å². The summed E-state index contributed by atoms with van der Waals surface area (Å²) in [6, 6.07) is 72.4. The standard InChI is InChI=1S/C56H43N/c1-2-11-39(12-3-1)54-34-41(31-40-14-5-7-17-49(40)54)37-21-25-46(26-22-37)57(47-27-23-44(24-28-47)56-35-42-32-45(56)33-43(42)36-56)55-30-29-52(51-18-8-9-19-53(51)55)50-20-10-15-38-13-4-6-16-48(38)50/h1-31,34,42-43,45H,32-33,35-36H2. The van der Waals surface area contributed by atoms with Gasteiger partial charge in [-0.1, -0.05) is 152 Å². The molecule has 2 atom stereocenters. The zero-order chi connectivity index (χ0) is 37.5. The van der Waals surface area contributed by atoms with Crippen LogP contribution in [0.1, 0.15) is 31.2 Å². The molecule has 1 nitrogen and oxygen atoms in total. The first-order valence-corrected chi connectivity index (χ1v) is 20.8. The summed E-state index contributed by atoms with van der Waals surface area (Å²) in [6.45, 7) is 0. The van der Waals surface area contributed by atoms with Crippen molar-refractivity contribution >= 4 is 49.4 Å². The van der Waals surface area contributed by atoms with Gasteiger partial charge in [-0.05, 0) is 157 Å². The molecular formula is C56H43N. The molecule has 0 heterocycles. The number of rotatable bonds is 7. The van der Waals surface area contributed by atoms with E-state index in [1.165, 1.54) is 103 Å². The fraction of sp³-hybridized carbons (Fsp3) is 0.143. The van der Waals surface area contributed by atoms with E-state index in [2.05, 4.69) is 199 Å². The van der Waals surface area contributed by atoms with E-state index in [1.54, 1.807) is 5.56 Å². The van der Waals surface area contributed by atoms with Crippen LogP contribution in [-0.4, -0.2) is 0 Å². The molecule has 0 N–H and O–H groups in total. The number of anilines is 3. The molecule has 0 amide bonds. The number of hydrogen-bond acceptors (Lipinski definition) is 1. The van der Waals surface area contributed by atoms with Crippen molar-refractivity contribution < 1.29 is 0 Å². The first-order chi connectivity index (χ1) is 28.2. The van der Waals surface area contributed by atoms with Crippen molar-refractivity contribution in [1.82, 2.24) is 0 Å². The predicted molar refractivity (Wildman–Crippen MR) is 241 cm³/mol. The Labute approximate surface area is 334 Å². The van der Waals surface area contributed by atoms with Crippen LogP contribution in [0, 0.1) is 17.8 Å². The summed E-state index contributed by atoms with van der Waals surface area (Å²) in [5, 5.41) is 7.58. The molecule has 0 aromatic heterocycles. The topological polar surface area (TPSA) is 3.24 Å². The van der Waals surface area contributed by atoms with Gasteiger partial charge in [0.2, 0.25) is 0 Å². The Bertz CT molecular complexity index is 2960. The van der Waals surface area contributed by atoms with Gasteiger partial charge < -0.3 is 4.90 Å². The first kappa shape index (κ1) is 32.8. The monoisotopic (exact) mass is 729 g/mol. The molecule has 13 rings (SSSR count). The van der Waals surface area contributed by atoms with Crippen LogP contribution in [-0.2, 0) is 5.41 Å². The highest BCUT2D eigenvalue weighted by Crippen LogP contribution is 2.70. The van der Waals surface area contributed by atoms with E-state index in [-0.39, 0.29) is 0 Å². The maximum absolute atomic E-state index is 2.49. The molecule has 4 fully saturated rings. The van der Waals surface area contributed by atoms with Crippen LogP contribution in [0.3, 0.4) is 0 Å². The summed E-state index contributed by atoms with van der Waals surface area (Å²) in [4.78, 5) is 2.49. The molecule has 57 heavy (non-hydrogen) atoms. The average Bonchev–Trinajstić information content (AvgIpc) is 4.05. The summed E-state index contributed by atoms with van der Waals surface area (Å²) in [5.74, 6) is 2.80. The highest BCUT2D eigenvalue weighted by molar-refractivity contribution is 6.10. The summed E-state index contributed by atoms with van der Waals surface area (Å²) in [7, 11) is 0. The Morgan fingerprint density at radius 2 is 0.965 bits per heavy atom. The van der Waals surface area contributed by atoms with E-state index in [0.29, 0.717) is 5.41 Å². The van der Waals surface area contributed by atoms with Gasteiger partial charge in [0.1, 0.15) is 0 Å². The molecule has 9 aromatic rings.